The summed E-state index contributed by atoms with van der Waals surface area (Å²) in [6, 6.07) is 5.57. The largest absolute Gasteiger partial charge is 0.330 e. The fourth-order valence-corrected chi connectivity index (χ4v) is 1.83. The molecule has 4 heteroatoms. The average molecular weight is 261 g/mol. The van der Waals surface area contributed by atoms with Gasteiger partial charge in [-0.15, -0.1) is 0 Å². The lowest BCUT2D eigenvalue weighted by Gasteiger charge is -2.10. The third-order valence-electron chi connectivity index (χ3n) is 2.55. The molecule has 0 spiro atoms. The van der Waals surface area contributed by atoms with E-state index in [1.165, 1.54) is 0 Å². The maximum absolute atomic E-state index is 6.05. The van der Waals surface area contributed by atoms with E-state index in [1.807, 2.05) is 12.1 Å². The molecule has 1 atom stereocenters. The summed E-state index contributed by atoms with van der Waals surface area (Å²) < 4.78 is 0. The smallest absolute Gasteiger partial charge is 0.0465 e. The Morgan fingerprint density at radius 3 is 2.75 bits per heavy atom. The molecule has 0 amide bonds. The predicted molar refractivity (Wildman–Crippen MR) is 71.0 cm³/mol. The van der Waals surface area contributed by atoms with Crippen LogP contribution in [0.1, 0.15) is 18.9 Å². The van der Waals surface area contributed by atoms with Crippen molar-refractivity contribution in [2.45, 2.75) is 19.9 Å². The fourth-order valence-electron chi connectivity index (χ4n) is 1.35. The molecule has 3 N–H and O–H groups in total. The molecule has 0 bridgehead atoms. The van der Waals surface area contributed by atoms with Gasteiger partial charge in [0.05, 0.1) is 0 Å². The number of rotatable bonds is 6. The monoisotopic (exact) mass is 260 g/mol. The van der Waals surface area contributed by atoms with Crippen molar-refractivity contribution in [3.8, 4) is 0 Å². The van der Waals surface area contributed by atoms with Crippen LogP contribution >= 0.6 is 23.2 Å². The van der Waals surface area contributed by atoms with Crippen LogP contribution in [0.15, 0.2) is 18.2 Å². The van der Waals surface area contributed by atoms with Gasteiger partial charge in [-0.25, -0.2) is 0 Å². The third-order valence-corrected chi connectivity index (χ3v) is 3.13. The highest BCUT2D eigenvalue weighted by Crippen LogP contribution is 2.20. The molecule has 16 heavy (non-hydrogen) atoms. The molecule has 1 unspecified atom stereocenters. The number of nitrogens with two attached hydrogens (primary N) is 1. The van der Waals surface area contributed by atoms with Crippen molar-refractivity contribution in [1.29, 1.82) is 0 Å². The Kier molecular flexibility index (Phi) is 6.14. The molecule has 1 rings (SSSR count). The van der Waals surface area contributed by atoms with Crippen LogP contribution in [0.2, 0.25) is 10.0 Å². The molecule has 0 radical (unpaired) electrons. The maximum atomic E-state index is 6.05. The highest BCUT2D eigenvalue weighted by atomic mass is 35.5. The molecule has 0 aromatic heterocycles. The van der Waals surface area contributed by atoms with E-state index < -0.39 is 0 Å². The number of nitrogens with one attached hydrogen (secondary N) is 1. The van der Waals surface area contributed by atoms with Gasteiger partial charge >= 0.3 is 0 Å². The molecule has 0 fully saturated rings. The Hall–Kier alpha value is -0.280. The summed E-state index contributed by atoms with van der Waals surface area (Å²) in [6.45, 7) is 4.62. The Morgan fingerprint density at radius 1 is 1.38 bits per heavy atom. The van der Waals surface area contributed by atoms with E-state index in [-0.39, 0.29) is 0 Å². The molecule has 90 valence electrons. The van der Waals surface area contributed by atoms with Crippen molar-refractivity contribution >= 4 is 23.2 Å². The van der Waals surface area contributed by atoms with E-state index in [9.17, 15) is 0 Å². The first kappa shape index (κ1) is 13.8. The van der Waals surface area contributed by atoms with E-state index in [0.717, 1.165) is 31.6 Å². The van der Waals surface area contributed by atoms with Crippen LogP contribution in [0.25, 0.3) is 0 Å². The minimum Gasteiger partial charge on any atom is -0.330 e. The normalized spacial score (nSPS) is 12.8. The Balaban J connectivity index is 2.32. The van der Waals surface area contributed by atoms with Gasteiger partial charge in [-0.05, 0) is 43.1 Å². The van der Waals surface area contributed by atoms with Crippen LogP contribution in [0.3, 0.4) is 0 Å². The van der Waals surface area contributed by atoms with E-state index in [0.29, 0.717) is 16.0 Å². The summed E-state index contributed by atoms with van der Waals surface area (Å²) in [7, 11) is 0. The molecule has 0 aliphatic carbocycles. The summed E-state index contributed by atoms with van der Waals surface area (Å²) in [5.74, 6) is 0.563. The van der Waals surface area contributed by atoms with E-state index >= 15 is 0 Å². The number of hydrogen-bond acceptors (Lipinski definition) is 2. The van der Waals surface area contributed by atoms with E-state index in [2.05, 4.69) is 12.2 Å². The van der Waals surface area contributed by atoms with Gasteiger partial charge in [0.2, 0.25) is 0 Å². The fraction of sp³-hybridized carbons (Fsp3) is 0.500. The first-order valence-electron chi connectivity index (χ1n) is 5.48. The van der Waals surface area contributed by atoms with Crippen LogP contribution in [0.5, 0.6) is 0 Å². The lowest BCUT2D eigenvalue weighted by molar-refractivity contribution is 0.509. The zero-order chi connectivity index (χ0) is 12.0. The van der Waals surface area contributed by atoms with Crippen LogP contribution < -0.4 is 11.1 Å². The van der Waals surface area contributed by atoms with Crippen molar-refractivity contribution in [1.82, 2.24) is 5.32 Å². The van der Waals surface area contributed by atoms with Gasteiger partial charge < -0.3 is 11.1 Å². The quantitative estimate of drug-likeness (QED) is 0.772. The Morgan fingerprint density at radius 2 is 2.12 bits per heavy atom. The van der Waals surface area contributed by atoms with Crippen molar-refractivity contribution in [3.05, 3.63) is 33.8 Å². The molecule has 2 nitrogen and oxygen atoms in total. The van der Waals surface area contributed by atoms with Crippen LogP contribution in [-0.4, -0.2) is 13.1 Å². The van der Waals surface area contributed by atoms with Crippen molar-refractivity contribution in [3.63, 3.8) is 0 Å². The summed E-state index contributed by atoms with van der Waals surface area (Å²) in [5.41, 5.74) is 6.62. The molecule has 0 aliphatic heterocycles. The first-order valence-corrected chi connectivity index (χ1v) is 6.23. The van der Waals surface area contributed by atoms with Gasteiger partial charge in [0.1, 0.15) is 0 Å². The van der Waals surface area contributed by atoms with Crippen LogP contribution in [0.4, 0.5) is 0 Å². The van der Waals surface area contributed by atoms with E-state index in [1.54, 1.807) is 6.07 Å². The molecule has 0 saturated heterocycles. The van der Waals surface area contributed by atoms with Gasteiger partial charge in [0.15, 0.2) is 0 Å². The minimum atomic E-state index is 0.563. The van der Waals surface area contributed by atoms with Gasteiger partial charge in [0, 0.05) is 16.6 Å². The summed E-state index contributed by atoms with van der Waals surface area (Å²) in [4.78, 5) is 0. The standard InChI is InChI=1S/C12H18Cl2N2/c1-9(7-15)4-5-16-8-10-2-3-11(13)6-12(10)14/h2-3,6,9,16H,4-5,7-8,15H2,1H3. The predicted octanol–water partition coefficient (Wildman–Crippen LogP) is 3.07. The zero-order valence-electron chi connectivity index (χ0n) is 9.47. The highest BCUT2D eigenvalue weighted by molar-refractivity contribution is 6.35. The van der Waals surface area contributed by atoms with Gasteiger partial charge in [0.25, 0.3) is 0 Å². The number of benzene rings is 1. The summed E-state index contributed by atoms with van der Waals surface area (Å²) in [6.07, 6.45) is 1.09. The maximum Gasteiger partial charge on any atom is 0.0465 e. The van der Waals surface area contributed by atoms with E-state index in [4.69, 9.17) is 28.9 Å². The number of hydrogen-bond donors (Lipinski definition) is 2. The van der Waals surface area contributed by atoms with Crippen molar-refractivity contribution in [2.75, 3.05) is 13.1 Å². The lowest BCUT2D eigenvalue weighted by atomic mass is 10.1. The highest BCUT2D eigenvalue weighted by Gasteiger charge is 2.02. The molecule has 1 aromatic carbocycles. The van der Waals surface area contributed by atoms with Gasteiger partial charge in [-0.3, -0.25) is 0 Å². The van der Waals surface area contributed by atoms with Gasteiger partial charge in [-0.1, -0.05) is 36.2 Å². The van der Waals surface area contributed by atoms with Crippen molar-refractivity contribution in [2.24, 2.45) is 11.7 Å². The Bertz CT molecular complexity index is 329. The molecule has 0 aliphatic rings. The minimum absolute atomic E-state index is 0.563. The van der Waals surface area contributed by atoms with Crippen LogP contribution in [-0.2, 0) is 6.54 Å². The topological polar surface area (TPSA) is 38.0 Å². The second kappa shape index (κ2) is 7.13. The second-order valence-corrected chi connectivity index (χ2v) is 4.89. The summed E-state index contributed by atoms with van der Waals surface area (Å²) in [5, 5.41) is 4.73. The first-order chi connectivity index (χ1) is 7.63. The third kappa shape index (κ3) is 4.71. The molecule has 0 heterocycles. The zero-order valence-corrected chi connectivity index (χ0v) is 11.0. The molecular weight excluding hydrogens is 243 g/mol. The molecule has 0 saturated carbocycles. The summed E-state index contributed by atoms with van der Waals surface area (Å²) >= 11 is 11.9. The van der Waals surface area contributed by atoms with Crippen LogP contribution in [0, 0.1) is 5.92 Å². The van der Waals surface area contributed by atoms with Gasteiger partial charge in [-0.2, -0.15) is 0 Å². The second-order valence-electron chi connectivity index (χ2n) is 4.04. The SMILES string of the molecule is CC(CN)CCNCc1ccc(Cl)cc1Cl. The Labute approximate surface area is 107 Å². The molecule has 1 aromatic rings. The van der Waals surface area contributed by atoms with Crippen molar-refractivity contribution < 1.29 is 0 Å². The average Bonchev–Trinajstić information content (AvgIpc) is 2.26. The number of halogens is 2. The lowest BCUT2D eigenvalue weighted by Crippen LogP contribution is -2.20. The molecular formula is C12H18Cl2N2.